The van der Waals surface area contributed by atoms with Crippen molar-refractivity contribution in [2.45, 2.75) is 71.6 Å². The first-order chi connectivity index (χ1) is 14.1. The number of aromatic nitrogens is 1. The smallest absolute Gasteiger partial charge is 0.408 e. The minimum absolute atomic E-state index is 0.244. The van der Waals surface area contributed by atoms with Crippen molar-refractivity contribution in [2.24, 2.45) is 5.92 Å². The third-order valence-corrected chi connectivity index (χ3v) is 4.86. The predicted molar refractivity (Wildman–Crippen MR) is 112 cm³/mol. The maximum atomic E-state index is 13.5. The van der Waals surface area contributed by atoms with E-state index in [2.05, 4.69) is 17.2 Å². The summed E-state index contributed by atoms with van der Waals surface area (Å²) >= 11 is 0. The second-order valence-corrected chi connectivity index (χ2v) is 8.69. The average molecular weight is 420 g/mol. The van der Waals surface area contributed by atoms with E-state index >= 15 is 0 Å². The van der Waals surface area contributed by atoms with Crippen LogP contribution < -0.4 is 5.32 Å². The van der Waals surface area contributed by atoms with Crippen molar-refractivity contribution in [2.75, 3.05) is 13.2 Å². The Morgan fingerprint density at radius 1 is 1.33 bits per heavy atom. The molecular formula is C22H33N3O5. The van der Waals surface area contributed by atoms with Crippen LogP contribution in [0.1, 0.15) is 53.0 Å². The number of pyridine rings is 1. The first-order valence-electron chi connectivity index (χ1n) is 10.5. The summed E-state index contributed by atoms with van der Waals surface area (Å²) in [6.45, 7) is 9.75. The number of nitrogens with zero attached hydrogens (tertiary/aromatic N) is 2. The number of carbonyl (C=O) groups is 3. The van der Waals surface area contributed by atoms with E-state index in [4.69, 9.17) is 9.47 Å². The van der Waals surface area contributed by atoms with Crippen LogP contribution >= 0.6 is 0 Å². The molecule has 8 nitrogen and oxygen atoms in total. The van der Waals surface area contributed by atoms with Gasteiger partial charge < -0.3 is 19.7 Å². The first-order valence-corrected chi connectivity index (χ1v) is 10.5. The summed E-state index contributed by atoms with van der Waals surface area (Å²) in [5.41, 5.74) is 0.102. The molecule has 2 amide bonds. The third-order valence-electron chi connectivity index (χ3n) is 4.86. The number of piperidine rings is 1. The Bertz CT molecular complexity index is 732. The molecule has 1 aliphatic heterocycles. The fourth-order valence-electron chi connectivity index (χ4n) is 3.47. The Balaban J connectivity index is 2.24. The lowest BCUT2D eigenvalue weighted by Gasteiger charge is -2.38. The van der Waals surface area contributed by atoms with Crippen molar-refractivity contribution in [1.82, 2.24) is 15.2 Å². The number of rotatable bonds is 6. The largest absolute Gasteiger partial charge is 0.464 e. The molecule has 1 aromatic heterocycles. The lowest BCUT2D eigenvalue weighted by atomic mass is 9.91. The van der Waals surface area contributed by atoms with E-state index in [0.717, 1.165) is 12.0 Å². The highest BCUT2D eigenvalue weighted by molar-refractivity contribution is 5.90. The minimum Gasteiger partial charge on any atom is -0.464 e. The fourth-order valence-corrected chi connectivity index (χ4v) is 3.47. The summed E-state index contributed by atoms with van der Waals surface area (Å²) < 4.78 is 10.5. The summed E-state index contributed by atoms with van der Waals surface area (Å²) in [6, 6.07) is 2.08. The molecule has 166 valence electrons. The standard InChI is InChI=1S/C22H33N3O5/c1-6-29-20(27)18-12-15(2)9-11-25(18)19(26)17(13-16-8-7-10-23-14-16)24-21(28)30-22(3,4)5/h7-8,10,14-15,17-18H,6,9,11-13H2,1-5H3,(H,24,28)/t15-,17?,18-/m1/s1. The van der Waals surface area contributed by atoms with Gasteiger partial charge in [-0.05, 0) is 58.1 Å². The van der Waals surface area contributed by atoms with Gasteiger partial charge in [0.25, 0.3) is 0 Å². The second-order valence-electron chi connectivity index (χ2n) is 8.69. The highest BCUT2D eigenvalue weighted by Gasteiger charge is 2.39. The van der Waals surface area contributed by atoms with E-state index in [1.165, 1.54) is 4.90 Å². The number of nitrogens with one attached hydrogen (secondary N) is 1. The number of ether oxygens (including phenoxy) is 2. The molecule has 0 aliphatic carbocycles. The van der Waals surface area contributed by atoms with Crippen LogP contribution in [0, 0.1) is 5.92 Å². The molecule has 0 saturated carbocycles. The molecule has 1 saturated heterocycles. The third kappa shape index (κ3) is 7.00. The zero-order valence-corrected chi connectivity index (χ0v) is 18.5. The molecule has 1 fully saturated rings. The molecule has 30 heavy (non-hydrogen) atoms. The lowest BCUT2D eigenvalue weighted by molar-refractivity contribution is -0.158. The molecule has 1 unspecified atom stereocenters. The molecule has 0 spiro atoms. The normalized spacial score (nSPS) is 20.2. The van der Waals surface area contributed by atoms with Gasteiger partial charge in [0.2, 0.25) is 5.91 Å². The number of amides is 2. The maximum Gasteiger partial charge on any atom is 0.408 e. The quantitative estimate of drug-likeness (QED) is 0.712. The van der Waals surface area contributed by atoms with Gasteiger partial charge in [-0.15, -0.1) is 0 Å². The Morgan fingerprint density at radius 3 is 2.67 bits per heavy atom. The summed E-state index contributed by atoms with van der Waals surface area (Å²) in [5, 5.41) is 2.69. The van der Waals surface area contributed by atoms with E-state index in [1.807, 2.05) is 6.07 Å². The number of likely N-dealkylation sites (tertiary alicyclic amines) is 1. The van der Waals surface area contributed by atoms with Crippen LogP contribution in [0.15, 0.2) is 24.5 Å². The van der Waals surface area contributed by atoms with Gasteiger partial charge in [0.05, 0.1) is 6.61 Å². The van der Waals surface area contributed by atoms with Gasteiger partial charge in [-0.2, -0.15) is 0 Å². The molecule has 8 heteroatoms. The van der Waals surface area contributed by atoms with E-state index < -0.39 is 29.7 Å². The first kappa shape index (κ1) is 23.6. The van der Waals surface area contributed by atoms with Crippen LogP contribution in [-0.4, -0.2) is 58.7 Å². The number of carbonyl (C=O) groups excluding carboxylic acids is 3. The molecule has 1 N–H and O–H groups in total. The molecule has 0 aromatic carbocycles. The highest BCUT2D eigenvalue weighted by Crippen LogP contribution is 2.25. The summed E-state index contributed by atoms with van der Waals surface area (Å²) in [4.78, 5) is 44.0. The molecule has 1 aliphatic rings. The summed E-state index contributed by atoms with van der Waals surface area (Å²) in [7, 11) is 0. The molecular weight excluding hydrogens is 386 g/mol. The molecule has 1 aromatic rings. The molecule has 0 bridgehead atoms. The van der Waals surface area contributed by atoms with Crippen LogP contribution in [0.2, 0.25) is 0 Å². The second kappa shape index (κ2) is 10.4. The number of alkyl carbamates (subject to hydrolysis) is 1. The van der Waals surface area contributed by atoms with Crippen molar-refractivity contribution in [1.29, 1.82) is 0 Å². The molecule has 3 atom stereocenters. The lowest BCUT2D eigenvalue weighted by Crippen LogP contribution is -2.57. The average Bonchev–Trinajstić information content (AvgIpc) is 2.66. The SMILES string of the molecule is CCOC(=O)[C@H]1C[C@H](C)CCN1C(=O)C(Cc1cccnc1)NC(=O)OC(C)(C)C. The Hall–Kier alpha value is -2.64. The van der Waals surface area contributed by atoms with Crippen molar-refractivity contribution < 1.29 is 23.9 Å². The Morgan fingerprint density at radius 2 is 2.07 bits per heavy atom. The highest BCUT2D eigenvalue weighted by atomic mass is 16.6. The van der Waals surface area contributed by atoms with Crippen LogP contribution in [0.25, 0.3) is 0 Å². The maximum absolute atomic E-state index is 13.5. The molecule has 2 heterocycles. The van der Waals surface area contributed by atoms with Gasteiger partial charge in [-0.1, -0.05) is 13.0 Å². The zero-order valence-electron chi connectivity index (χ0n) is 18.5. The van der Waals surface area contributed by atoms with Gasteiger partial charge in [0.1, 0.15) is 17.7 Å². The van der Waals surface area contributed by atoms with Crippen molar-refractivity contribution >= 4 is 18.0 Å². The van der Waals surface area contributed by atoms with E-state index in [-0.39, 0.29) is 18.9 Å². The monoisotopic (exact) mass is 419 g/mol. The van der Waals surface area contributed by atoms with Gasteiger partial charge in [-0.25, -0.2) is 9.59 Å². The number of esters is 1. The Kier molecular flexibility index (Phi) is 8.20. The molecule has 2 rings (SSSR count). The molecule has 0 radical (unpaired) electrons. The van der Waals surface area contributed by atoms with Crippen LogP contribution in [0.4, 0.5) is 4.79 Å². The van der Waals surface area contributed by atoms with Crippen molar-refractivity contribution in [3.63, 3.8) is 0 Å². The van der Waals surface area contributed by atoms with E-state index in [9.17, 15) is 14.4 Å². The van der Waals surface area contributed by atoms with Gasteiger partial charge in [-0.3, -0.25) is 9.78 Å². The van der Waals surface area contributed by atoms with Crippen LogP contribution in [0.5, 0.6) is 0 Å². The van der Waals surface area contributed by atoms with Gasteiger partial charge >= 0.3 is 12.1 Å². The van der Waals surface area contributed by atoms with Crippen LogP contribution in [-0.2, 0) is 25.5 Å². The Labute approximate surface area is 178 Å². The fraction of sp³-hybridized carbons (Fsp3) is 0.636. The van der Waals surface area contributed by atoms with Crippen molar-refractivity contribution in [3.05, 3.63) is 30.1 Å². The topological polar surface area (TPSA) is 97.8 Å². The van der Waals surface area contributed by atoms with E-state index in [1.54, 1.807) is 46.2 Å². The predicted octanol–water partition coefficient (Wildman–Crippen LogP) is 2.71. The number of hydrogen-bond donors (Lipinski definition) is 1. The van der Waals surface area contributed by atoms with Gasteiger partial charge in [0.15, 0.2) is 0 Å². The van der Waals surface area contributed by atoms with Gasteiger partial charge in [0, 0.05) is 25.4 Å². The van der Waals surface area contributed by atoms with E-state index in [0.29, 0.717) is 18.9 Å². The summed E-state index contributed by atoms with van der Waals surface area (Å²) in [6.07, 6.45) is 4.18. The zero-order chi connectivity index (χ0) is 22.3. The summed E-state index contributed by atoms with van der Waals surface area (Å²) in [5.74, 6) is -0.427. The van der Waals surface area contributed by atoms with Crippen molar-refractivity contribution in [3.8, 4) is 0 Å². The minimum atomic E-state index is -0.880. The number of hydrogen-bond acceptors (Lipinski definition) is 6. The van der Waals surface area contributed by atoms with Crippen LogP contribution in [0.3, 0.4) is 0 Å².